The van der Waals surface area contributed by atoms with Gasteiger partial charge in [0.2, 0.25) is 0 Å². The number of hydrogen-bond donors (Lipinski definition) is 0. The van der Waals surface area contributed by atoms with Crippen LogP contribution >= 0.6 is 20.2 Å². The van der Waals surface area contributed by atoms with E-state index in [9.17, 15) is 0 Å². The van der Waals surface area contributed by atoms with Gasteiger partial charge in [0.15, 0.2) is 0 Å². The highest BCUT2D eigenvalue weighted by Crippen LogP contribution is 2.41. The summed E-state index contributed by atoms with van der Waals surface area (Å²) in [6, 6.07) is 6.44. The molecule has 0 saturated carbocycles. The maximum absolute atomic E-state index is 6.26. The summed E-state index contributed by atoms with van der Waals surface area (Å²) in [5.41, 5.74) is 8.85. The number of halogens is 1. The van der Waals surface area contributed by atoms with Crippen molar-refractivity contribution in [1.29, 1.82) is 0 Å². The number of hydrogen-bond acceptors (Lipinski definition) is 0. The molecule has 2 aliphatic rings. The third-order valence-electron chi connectivity index (χ3n) is 4.85. The monoisotopic (exact) mass is 372 g/mol. The van der Waals surface area contributed by atoms with Gasteiger partial charge in [0.1, 0.15) is 0 Å². The molecule has 25 heavy (non-hydrogen) atoms. The minimum absolute atomic E-state index is 0.848. The zero-order valence-electron chi connectivity index (χ0n) is 15.8. The van der Waals surface area contributed by atoms with E-state index in [0.717, 1.165) is 26.4 Å². The standard InChI is InChI=1S/C21H24ClP.C2H6/c1-3-4-5-16-6-7-18-14-19(22)8-9-20(18)21(15(16)2)17-10-12-23-13-11-17;1-2/h3-5,8-9,14,23H,1,6-7,10-13H2,2H3;1-2H3/b5-4-;. The fourth-order valence-corrected chi connectivity index (χ4v) is 5.06. The Hall–Kier alpha value is -1.10. The van der Waals surface area contributed by atoms with E-state index in [2.05, 4.69) is 37.8 Å². The van der Waals surface area contributed by atoms with E-state index >= 15 is 0 Å². The number of fused-ring (bicyclic) bond motifs is 1. The maximum atomic E-state index is 6.26. The molecule has 3 rings (SSSR count). The van der Waals surface area contributed by atoms with Crippen molar-refractivity contribution in [2.24, 2.45) is 0 Å². The zero-order chi connectivity index (χ0) is 18.2. The smallest absolute Gasteiger partial charge is 0.0409 e. The Kier molecular flexibility index (Phi) is 8.20. The molecular weight excluding hydrogens is 343 g/mol. The van der Waals surface area contributed by atoms with Gasteiger partial charge in [-0.05, 0) is 84.9 Å². The first kappa shape index (κ1) is 20.2. The van der Waals surface area contributed by atoms with Crippen LogP contribution in [0.15, 0.2) is 59.7 Å². The summed E-state index contributed by atoms with van der Waals surface area (Å²) in [5, 5.41) is 0.848. The van der Waals surface area contributed by atoms with E-state index in [1.807, 2.05) is 26.0 Å². The number of rotatable bonds is 2. The Bertz CT molecular complexity index is 699. The van der Waals surface area contributed by atoms with Crippen molar-refractivity contribution in [3.63, 3.8) is 0 Å². The molecule has 0 bridgehead atoms. The topological polar surface area (TPSA) is 0 Å². The van der Waals surface area contributed by atoms with Gasteiger partial charge in [0, 0.05) is 5.02 Å². The summed E-state index contributed by atoms with van der Waals surface area (Å²) in [6.07, 6.45) is 13.5. The molecule has 0 aromatic heterocycles. The number of benzene rings is 1. The van der Waals surface area contributed by atoms with Gasteiger partial charge in [-0.2, -0.15) is 0 Å². The normalized spacial score (nSPS) is 18.7. The minimum atomic E-state index is 0.848. The van der Waals surface area contributed by atoms with Crippen LogP contribution in [-0.2, 0) is 6.42 Å². The van der Waals surface area contributed by atoms with E-state index in [1.165, 1.54) is 53.0 Å². The van der Waals surface area contributed by atoms with Crippen molar-refractivity contribution in [1.82, 2.24) is 0 Å². The minimum Gasteiger partial charge on any atom is -0.121 e. The Morgan fingerprint density at radius 2 is 1.80 bits per heavy atom. The van der Waals surface area contributed by atoms with Gasteiger partial charge < -0.3 is 0 Å². The molecule has 1 fully saturated rings. The molecule has 1 aliphatic heterocycles. The van der Waals surface area contributed by atoms with Crippen LogP contribution in [0.4, 0.5) is 0 Å². The van der Waals surface area contributed by atoms with Crippen LogP contribution in [0.3, 0.4) is 0 Å². The molecule has 1 aliphatic carbocycles. The molecule has 0 atom stereocenters. The van der Waals surface area contributed by atoms with Gasteiger partial charge in [-0.25, -0.2) is 0 Å². The van der Waals surface area contributed by atoms with Crippen LogP contribution in [0.25, 0.3) is 5.57 Å². The van der Waals surface area contributed by atoms with Gasteiger partial charge in [0.05, 0.1) is 0 Å². The Balaban J connectivity index is 0.00000109. The van der Waals surface area contributed by atoms with Gasteiger partial charge >= 0.3 is 0 Å². The lowest BCUT2D eigenvalue weighted by molar-refractivity contribution is 0.959. The van der Waals surface area contributed by atoms with Crippen LogP contribution in [-0.4, -0.2) is 12.3 Å². The number of allylic oxidation sites excluding steroid dienone is 7. The predicted molar refractivity (Wildman–Crippen MR) is 117 cm³/mol. The van der Waals surface area contributed by atoms with Crippen LogP contribution in [0, 0.1) is 0 Å². The van der Waals surface area contributed by atoms with Crippen molar-refractivity contribution in [3.8, 4) is 0 Å². The lowest BCUT2D eigenvalue weighted by atomic mass is 9.88. The lowest BCUT2D eigenvalue weighted by Crippen LogP contribution is -2.03. The first-order valence-corrected chi connectivity index (χ1v) is 11.2. The van der Waals surface area contributed by atoms with Crippen molar-refractivity contribution in [2.75, 3.05) is 12.3 Å². The second kappa shape index (κ2) is 10.1. The van der Waals surface area contributed by atoms with Gasteiger partial charge in [-0.3, -0.25) is 0 Å². The third-order valence-corrected chi connectivity index (χ3v) is 6.29. The molecule has 1 aromatic rings. The summed E-state index contributed by atoms with van der Waals surface area (Å²) in [6.45, 7) is 10.1. The molecule has 0 nitrogen and oxygen atoms in total. The SMILES string of the molecule is C=C/C=C\C1=C(C)C(=C2CCPCC2)c2ccc(Cl)cc2CC1.CC. The van der Waals surface area contributed by atoms with E-state index in [4.69, 9.17) is 11.6 Å². The molecule has 0 spiro atoms. The third kappa shape index (κ3) is 4.96. The van der Waals surface area contributed by atoms with Crippen LogP contribution in [0.2, 0.25) is 5.02 Å². The Morgan fingerprint density at radius 3 is 2.48 bits per heavy atom. The molecule has 0 unspecified atom stereocenters. The van der Waals surface area contributed by atoms with Gasteiger partial charge in [-0.15, -0.1) is 8.58 Å². The van der Waals surface area contributed by atoms with Crippen molar-refractivity contribution in [2.45, 2.75) is 46.5 Å². The van der Waals surface area contributed by atoms with Crippen molar-refractivity contribution >= 4 is 25.8 Å². The molecule has 0 N–H and O–H groups in total. The second-order valence-corrected chi connectivity index (χ2v) is 8.21. The van der Waals surface area contributed by atoms with Crippen LogP contribution < -0.4 is 0 Å². The summed E-state index contributed by atoms with van der Waals surface area (Å²) in [4.78, 5) is 0. The fraction of sp³-hybridized carbons (Fsp3) is 0.391. The highest BCUT2D eigenvalue weighted by Gasteiger charge is 2.21. The lowest BCUT2D eigenvalue weighted by Gasteiger charge is -2.22. The van der Waals surface area contributed by atoms with E-state index in [1.54, 1.807) is 5.57 Å². The molecule has 1 aromatic carbocycles. The summed E-state index contributed by atoms with van der Waals surface area (Å²) in [5.74, 6) is 0. The second-order valence-electron chi connectivity index (χ2n) is 6.28. The van der Waals surface area contributed by atoms with Crippen molar-refractivity contribution in [3.05, 3.63) is 75.9 Å². The highest BCUT2D eigenvalue weighted by atomic mass is 35.5. The Labute approximate surface area is 160 Å². The average Bonchev–Trinajstić information content (AvgIpc) is 2.78. The first-order chi connectivity index (χ1) is 12.2. The fourth-order valence-electron chi connectivity index (χ4n) is 3.66. The van der Waals surface area contributed by atoms with Crippen molar-refractivity contribution < 1.29 is 0 Å². The molecule has 1 saturated heterocycles. The highest BCUT2D eigenvalue weighted by molar-refractivity contribution is 7.38. The van der Waals surface area contributed by atoms with E-state index < -0.39 is 0 Å². The molecular formula is C23H30ClP. The van der Waals surface area contributed by atoms with E-state index in [-0.39, 0.29) is 0 Å². The molecule has 0 radical (unpaired) electrons. The maximum Gasteiger partial charge on any atom is 0.0409 e. The zero-order valence-corrected chi connectivity index (χ0v) is 17.5. The summed E-state index contributed by atoms with van der Waals surface area (Å²) < 4.78 is 0. The first-order valence-electron chi connectivity index (χ1n) is 9.41. The number of aryl methyl sites for hydroxylation is 1. The average molecular weight is 373 g/mol. The van der Waals surface area contributed by atoms with Crippen LogP contribution in [0.5, 0.6) is 0 Å². The summed E-state index contributed by atoms with van der Waals surface area (Å²) >= 11 is 6.26. The Morgan fingerprint density at radius 1 is 1.08 bits per heavy atom. The van der Waals surface area contributed by atoms with Gasteiger partial charge in [-0.1, -0.05) is 61.9 Å². The molecule has 1 heterocycles. The molecule has 0 amide bonds. The summed E-state index contributed by atoms with van der Waals surface area (Å²) in [7, 11) is 1.14. The van der Waals surface area contributed by atoms with Gasteiger partial charge in [0.25, 0.3) is 0 Å². The van der Waals surface area contributed by atoms with Crippen LogP contribution in [0.1, 0.15) is 51.2 Å². The quantitative estimate of drug-likeness (QED) is 0.370. The predicted octanol–water partition coefficient (Wildman–Crippen LogP) is 7.60. The largest absolute Gasteiger partial charge is 0.121 e. The van der Waals surface area contributed by atoms with E-state index in [0.29, 0.717) is 0 Å². The molecule has 134 valence electrons. The molecule has 2 heteroatoms.